The number of thioether (sulfide) groups is 1. The lowest BCUT2D eigenvalue weighted by molar-refractivity contribution is -0.150. The summed E-state index contributed by atoms with van der Waals surface area (Å²) >= 11 is 1.77. The average Bonchev–Trinajstić information content (AvgIpc) is 2.45. The Morgan fingerprint density at radius 1 is 1.38 bits per heavy atom. The molecule has 4 nitrogen and oxygen atoms in total. The van der Waals surface area contributed by atoms with E-state index < -0.39 is 5.54 Å². The van der Waals surface area contributed by atoms with E-state index in [1.807, 2.05) is 44.2 Å². The second-order valence-corrected chi connectivity index (χ2v) is 6.28. The van der Waals surface area contributed by atoms with Crippen molar-refractivity contribution in [2.45, 2.75) is 24.6 Å². The molecule has 1 saturated heterocycles. The summed E-state index contributed by atoms with van der Waals surface area (Å²) in [5.41, 5.74) is 0.171. The molecule has 0 amide bonds. The van der Waals surface area contributed by atoms with Crippen LogP contribution in [0.5, 0.6) is 0 Å². The van der Waals surface area contributed by atoms with E-state index in [-0.39, 0.29) is 5.97 Å². The third-order valence-electron chi connectivity index (χ3n) is 3.51. The Balaban J connectivity index is 2.25. The number of esters is 1. The Morgan fingerprint density at radius 3 is 2.62 bits per heavy atom. The first-order valence-electron chi connectivity index (χ1n) is 7.40. The molecule has 116 valence electrons. The summed E-state index contributed by atoms with van der Waals surface area (Å²) in [6, 6.07) is 9.84. The second-order valence-electron chi connectivity index (χ2n) is 4.99. The van der Waals surface area contributed by atoms with Crippen LogP contribution in [0.1, 0.15) is 19.4 Å². The molecule has 1 N–H and O–H groups in total. The summed E-state index contributed by atoms with van der Waals surface area (Å²) < 4.78 is 10.6. The largest absolute Gasteiger partial charge is 0.464 e. The maximum absolute atomic E-state index is 12.6. The van der Waals surface area contributed by atoms with Gasteiger partial charge < -0.3 is 9.47 Å². The van der Waals surface area contributed by atoms with Crippen molar-refractivity contribution in [2.75, 3.05) is 32.1 Å². The van der Waals surface area contributed by atoms with Crippen molar-refractivity contribution in [3.05, 3.63) is 35.9 Å². The molecule has 0 radical (unpaired) electrons. The van der Waals surface area contributed by atoms with Crippen LogP contribution in [0.15, 0.2) is 30.3 Å². The molecule has 0 aromatic heterocycles. The molecule has 1 unspecified atom stereocenters. The highest BCUT2D eigenvalue weighted by Crippen LogP contribution is 2.31. The maximum atomic E-state index is 12.6. The summed E-state index contributed by atoms with van der Waals surface area (Å²) in [5.74, 6) is 0.448. The molecule has 2 rings (SSSR count). The summed E-state index contributed by atoms with van der Waals surface area (Å²) in [4.78, 5) is 12.6. The Hall–Kier alpha value is -1.04. The second kappa shape index (κ2) is 7.82. The average molecular weight is 309 g/mol. The maximum Gasteiger partial charge on any atom is 0.331 e. The number of nitrogens with one attached hydrogen (secondary N) is 1. The SMILES string of the molecule is CCNC(CSC1COC1)(C(=O)OCC)c1ccccc1. The van der Waals surface area contributed by atoms with Gasteiger partial charge in [0.2, 0.25) is 0 Å². The van der Waals surface area contributed by atoms with E-state index in [1.165, 1.54) is 0 Å². The lowest BCUT2D eigenvalue weighted by Gasteiger charge is -2.35. The molecule has 0 aliphatic carbocycles. The molecule has 0 spiro atoms. The number of rotatable bonds is 8. The molecule has 1 aliphatic heterocycles. The van der Waals surface area contributed by atoms with Gasteiger partial charge in [-0.05, 0) is 19.0 Å². The van der Waals surface area contributed by atoms with Crippen LogP contribution < -0.4 is 5.32 Å². The van der Waals surface area contributed by atoms with Gasteiger partial charge in [-0.3, -0.25) is 5.32 Å². The van der Waals surface area contributed by atoms with Crippen LogP contribution in [0, 0.1) is 0 Å². The molecule has 0 saturated carbocycles. The van der Waals surface area contributed by atoms with E-state index in [1.54, 1.807) is 11.8 Å². The first-order valence-corrected chi connectivity index (χ1v) is 8.45. The minimum Gasteiger partial charge on any atom is -0.464 e. The van der Waals surface area contributed by atoms with Crippen LogP contribution in [-0.2, 0) is 19.8 Å². The molecule has 1 aliphatic rings. The number of hydrogen-bond donors (Lipinski definition) is 1. The Kier molecular flexibility index (Phi) is 6.08. The number of carbonyl (C=O) groups excluding carboxylic acids is 1. The third kappa shape index (κ3) is 3.78. The van der Waals surface area contributed by atoms with Crippen LogP contribution in [-0.4, -0.2) is 43.3 Å². The minimum absolute atomic E-state index is 0.203. The van der Waals surface area contributed by atoms with Gasteiger partial charge in [0, 0.05) is 5.75 Å². The molecular formula is C16H23NO3S. The zero-order valence-electron chi connectivity index (χ0n) is 12.6. The lowest BCUT2D eigenvalue weighted by Crippen LogP contribution is -2.53. The van der Waals surface area contributed by atoms with Crippen molar-refractivity contribution in [1.29, 1.82) is 0 Å². The number of likely N-dealkylation sites (N-methyl/N-ethyl adjacent to an activating group) is 1. The summed E-state index contributed by atoms with van der Waals surface area (Å²) in [6.45, 7) is 6.47. The van der Waals surface area contributed by atoms with Gasteiger partial charge in [0.15, 0.2) is 5.54 Å². The van der Waals surface area contributed by atoms with Gasteiger partial charge in [-0.1, -0.05) is 37.3 Å². The topological polar surface area (TPSA) is 47.6 Å². The van der Waals surface area contributed by atoms with E-state index in [0.717, 1.165) is 18.8 Å². The van der Waals surface area contributed by atoms with Gasteiger partial charge in [-0.15, -0.1) is 0 Å². The predicted octanol–water partition coefficient (Wildman–Crippen LogP) is 2.19. The Morgan fingerprint density at radius 2 is 2.10 bits per heavy atom. The first-order chi connectivity index (χ1) is 10.2. The van der Waals surface area contributed by atoms with Gasteiger partial charge in [0.05, 0.1) is 25.1 Å². The van der Waals surface area contributed by atoms with Crippen molar-refractivity contribution in [3.63, 3.8) is 0 Å². The van der Waals surface area contributed by atoms with Crippen molar-refractivity contribution >= 4 is 17.7 Å². The van der Waals surface area contributed by atoms with Gasteiger partial charge >= 0.3 is 5.97 Å². The third-order valence-corrected chi connectivity index (χ3v) is 4.86. The fourth-order valence-corrected chi connectivity index (χ4v) is 3.57. The lowest BCUT2D eigenvalue weighted by atomic mass is 9.91. The summed E-state index contributed by atoms with van der Waals surface area (Å²) in [5, 5.41) is 3.84. The number of hydrogen-bond acceptors (Lipinski definition) is 5. The van der Waals surface area contributed by atoms with Gasteiger partial charge in [0.1, 0.15) is 0 Å². The van der Waals surface area contributed by atoms with Crippen LogP contribution in [0.4, 0.5) is 0 Å². The normalized spacial score (nSPS) is 17.8. The van der Waals surface area contributed by atoms with E-state index in [0.29, 0.717) is 24.2 Å². The number of carbonyl (C=O) groups is 1. The summed E-state index contributed by atoms with van der Waals surface area (Å²) in [7, 11) is 0. The molecule has 1 heterocycles. The highest BCUT2D eigenvalue weighted by molar-refractivity contribution is 8.00. The van der Waals surface area contributed by atoms with Crippen LogP contribution in [0.2, 0.25) is 0 Å². The van der Waals surface area contributed by atoms with Gasteiger partial charge in [-0.25, -0.2) is 4.79 Å². The zero-order valence-corrected chi connectivity index (χ0v) is 13.4. The van der Waals surface area contributed by atoms with Crippen molar-refractivity contribution in [2.24, 2.45) is 0 Å². The molecule has 1 aromatic carbocycles. The van der Waals surface area contributed by atoms with Gasteiger partial charge in [0.25, 0.3) is 0 Å². The standard InChI is InChI=1S/C16H23NO3S/c1-3-17-16(15(18)20-4-2,12-21-14-10-19-11-14)13-8-6-5-7-9-13/h5-9,14,17H,3-4,10-12H2,1-2H3. The van der Waals surface area contributed by atoms with E-state index in [4.69, 9.17) is 9.47 Å². The summed E-state index contributed by atoms with van der Waals surface area (Å²) in [6.07, 6.45) is 0. The minimum atomic E-state index is -0.785. The fourth-order valence-electron chi connectivity index (χ4n) is 2.32. The highest BCUT2D eigenvalue weighted by atomic mass is 32.2. The van der Waals surface area contributed by atoms with Crippen LogP contribution >= 0.6 is 11.8 Å². The molecule has 0 bridgehead atoms. The monoisotopic (exact) mass is 309 g/mol. The molecule has 1 atom stereocenters. The van der Waals surface area contributed by atoms with Gasteiger partial charge in [-0.2, -0.15) is 11.8 Å². The Bertz CT molecular complexity index is 450. The molecule has 1 fully saturated rings. The van der Waals surface area contributed by atoms with Crippen molar-refractivity contribution in [3.8, 4) is 0 Å². The Labute approximate surface area is 130 Å². The quantitative estimate of drug-likeness (QED) is 0.746. The number of benzene rings is 1. The van der Waals surface area contributed by atoms with Crippen molar-refractivity contribution < 1.29 is 14.3 Å². The van der Waals surface area contributed by atoms with Crippen LogP contribution in [0.3, 0.4) is 0 Å². The van der Waals surface area contributed by atoms with E-state index >= 15 is 0 Å². The first kappa shape index (κ1) is 16.3. The predicted molar refractivity (Wildman–Crippen MR) is 85.5 cm³/mol. The van der Waals surface area contributed by atoms with E-state index in [2.05, 4.69) is 5.32 Å². The molecule has 21 heavy (non-hydrogen) atoms. The van der Waals surface area contributed by atoms with Crippen molar-refractivity contribution in [1.82, 2.24) is 5.32 Å². The van der Waals surface area contributed by atoms with Crippen LogP contribution in [0.25, 0.3) is 0 Å². The highest BCUT2D eigenvalue weighted by Gasteiger charge is 2.42. The fraction of sp³-hybridized carbons (Fsp3) is 0.562. The molecule has 1 aromatic rings. The van der Waals surface area contributed by atoms with E-state index in [9.17, 15) is 4.79 Å². The number of ether oxygens (including phenoxy) is 2. The molecular weight excluding hydrogens is 286 g/mol. The smallest absolute Gasteiger partial charge is 0.331 e. The zero-order chi connectivity index (χ0) is 15.1. The molecule has 5 heteroatoms.